The molecular formula is C9H9N2O+. The van der Waals surface area contributed by atoms with Crippen LogP contribution in [0.2, 0.25) is 0 Å². The standard InChI is InChI=1S/C9H9N2O/c1-8(12)9(7-10)11-5-3-2-4-6-11/h2-6,10H,1H3/q+1. The highest BCUT2D eigenvalue weighted by Crippen LogP contribution is 1.88. The third kappa shape index (κ3) is 1.65. The summed E-state index contributed by atoms with van der Waals surface area (Å²) in [6.45, 7) is 1.41. The third-order valence-corrected chi connectivity index (χ3v) is 1.43. The lowest BCUT2D eigenvalue weighted by molar-refractivity contribution is -0.575. The summed E-state index contributed by atoms with van der Waals surface area (Å²) >= 11 is 0. The molecule has 3 nitrogen and oxygen atoms in total. The molecule has 1 heterocycles. The van der Waals surface area contributed by atoms with Gasteiger partial charge in [-0.2, -0.15) is 4.57 Å². The molecule has 0 aliphatic rings. The topological polar surface area (TPSA) is 44.8 Å². The SMILES string of the molecule is CC(=O)C(=C=N)[n+]1ccccc1. The number of aromatic nitrogens is 1. The summed E-state index contributed by atoms with van der Waals surface area (Å²) in [5, 5.41) is 6.90. The smallest absolute Gasteiger partial charge is 0.287 e. The second kappa shape index (κ2) is 3.60. The van der Waals surface area contributed by atoms with Crippen molar-refractivity contribution in [1.82, 2.24) is 0 Å². The number of carbonyl (C=O) groups is 1. The molecule has 0 bridgehead atoms. The molecule has 1 aromatic heterocycles. The normalized spacial score (nSPS) is 8.75. The Balaban J connectivity index is 3.14. The number of nitrogens with zero attached hydrogens (tertiary/aromatic N) is 1. The van der Waals surface area contributed by atoms with E-state index in [1.54, 1.807) is 29.1 Å². The van der Waals surface area contributed by atoms with Gasteiger partial charge in [-0.15, -0.1) is 0 Å². The maximum absolute atomic E-state index is 10.9. The van der Waals surface area contributed by atoms with Crippen molar-refractivity contribution in [3.05, 3.63) is 30.6 Å². The number of rotatable bonds is 2. The van der Waals surface area contributed by atoms with E-state index in [-0.39, 0.29) is 11.5 Å². The van der Waals surface area contributed by atoms with Crippen LogP contribution in [0.3, 0.4) is 0 Å². The van der Waals surface area contributed by atoms with Gasteiger partial charge in [0.1, 0.15) is 0 Å². The van der Waals surface area contributed by atoms with Gasteiger partial charge >= 0.3 is 5.70 Å². The van der Waals surface area contributed by atoms with Crippen LogP contribution in [-0.2, 0) is 4.79 Å². The third-order valence-electron chi connectivity index (χ3n) is 1.43. The Morgan fingerprint density at radius 2 is 1.92 bits per heavy atom. The van der Waals surface area contributed by atoms with Gasteiger partial charge in [-0.1, -0.05) is 6.07 Å². The Bertz CT molecular complexity index is 337. The first-order valence-corrected chi connectivity index (χ1v) is 3.53. The molecule has 1 rings (SSSR count). The minimum atomic E-state index is -0.166. The fourth-order valence-electron chi connectivity index (χ4n) is 0.882. The number of ketones is 1. The van der Waals surface area contributed by atoms with Gasteiger partial charge in [0.2, 0.25) is 5.78 Å². The maximum atomic E-state index is 10.9. The van der Waals surface area contributed by atoms with E-state index in [1.807, 2.05) is 6.07 Å². The second-order valence-corrected chi connectivity index (χ2v) is 2.31. The average molecular weight is 161 g/mol. The highest BCUT2D eigenvalue weighted by molar-refractivity contribution is 6.18. The molecule has 3 heteroatoms. The fraction of sp³-hybridized carbons (Fsp3) is 0.111. The highest BCUT2D eigenvalue weighted by atomic mass is 16.1. The van der Waals surface area contributed by atoms with Crippen LogP contribution in [0.4, 0.5) is 0 Å². The van der Waals surface area contributed by atoms with Crippen molar-refractivity contribution in [2.24, 2.45) is 0 Å². The lowest BCUT2D eigenvalue weighted by atomic mass is 10.3. The summed E-state index contributed by atoms with van der Waals surface area (Å²) in [5.41, 5.74) is 0.246. The number of hydrogen-bond acceptors (Lipinski definition) is 2. The average Bonchev–Trinajstić information content (AvgIpc) is 2.07. The van der Waals surface area contributed by atoms with Crippen LogP contribution in [0.25, 0.3) is 5.70 Å². The largest absolute Gasteiger partial charge is 0.315 e. The highest BCUT2D eigenvalue weighted by Gasteiger charge is 2.13. The van der Waals surface area contributed by atoms with Crippen molar-refractivity contribution in [2.75, 3.05) is 0 Å². The number of carbonyl (C=O) groups excluding carboxylic acids is 1. The molecule has 0 aliphatic heterocycles. The van der Waals surface area contributed by atoms with Gasteiger partial charge in [0.15, 0.2) is 12.4 Å². The Morgan fingerprint density at radius 1 is 1.33 bits per heavy atom. The first-order chi connectivity index (χ1) is 5.75. The molecule has 12 heavy (non-hydrogen) atoms. The number of allylic oxidation sites excluding steroid dienone is 1. The van der Waals surface area contributed by atoms with E-state index < -0.39 is 0 Å². The molecule has 0 saturated carbocycles. The first kappa shape index (κ1) is 8.37. The number of pyridine rings is 1. The molecule has 0 fully saturated rings. The van der Waals surface area contributed by atoms with Crippen molar-refractivity contribution >= 4 is 17.4 Å². The van der Waals surface area contributed by atoms with Crippen molar-refractivity contribution in [3.8, 4) is 0 Å². The molecular weight excluding hydrogens is 152 g/mol. The molecule has 0 radical (unpaired) electrons. The van der Waals surface area contributed by atoms with Crippen molar-refractivity contribution in [1.29, 1.82) is 5.41 Å². The van der Waals surface area contributed by atoms with E-state index in [1.165, 1.54) is 6.92 Å². The number of nitrogens with one attached hydrogen (secondary N) is 1. The zero-order chi connectivity index (χ0) is 8.97. The minimum Gasteiger partial charge on any atom is -0.287 e. The Labute approximate surface area is 70.5 Å². The van der Waals surface area contributed by atoms with Crippen molar-refractivity contribution in [2.45, 2.75) is 6.92 Å². The lowest BCUT2D eigenvalue weighted by Gasteiger charge is -1.90. The van der Waals surface area contributed by atoms with Crippen molar-refractivity contribution < 1.29 is 9.36 Å². The monoisotopic (exact) mass is 161 g/mol. The van der Waals surface area contributed by atoms with Crippen molar-refractivity contribution in [3.63, 3.8) is 0 Å². The quantitative estimate of drug-likeness (QED) is 0.386. The van der Waals surface area contributed by atoms with Crippen LogP contribution in [0, 0.1) is 5.41 Å². The van der Waals surface area contributed by atoms with Gasteiger partial charge in [0.05, 0.1) is 5.87 Å². The van der Waals surface area contributed by atoms with Gasteiger partial charge in [-0.25, -0.2) is 0 Å². The molecule has 0 saturated heterocycles. The number of Topliss-reactive ketones (excluding diaryl/α,β-unsaturated/α-hetero) is 1. The zero-order valence-electron chi connectivity index (χ0n) is 6.74. The molecule has 0 aromatic carbocycles. The first-order valence-electron chi connectivity index (χ1n) is 3.53. The van der Waals surface area contributed by atoms with E-state index in [2.05, 4.69) is 5.87 Å². The van der Waals surface area contributed by atoms with Gasteiger partial charge in [-0.05, 0) is 0 Å². The van der Waals surface area contributed by atoms with Crippen LogP contribution < -0.4 is 4.57 Å². The van der Waals surface area contributed by atoms with Crippen LogP contribution in [0.1, 0.15) is 6.92 Å². The van der Waals surface area contributed by atoms with E-state index in [9.17, 15) is 4.79 Å². The molecule has 0 atom stereocenters. The minimum absolute atomic E-state index is 0.166. The van der Waals surface area contributed by atoms with Crippen LogP contribution in [-0.4, -0.2) is 11.7 Å². The predicted molar refractivity (Wildman–Crippen MR) is 44.7 cm³/mol. The summed E-state index contributed by atoms with van der Waals surface area (Å²) < 4.78 is 1.56. The Kier molecular flexibility index (Phi) is 2.51. The van der Waals surface area contributed by atoms with Gasteiger partial charge in [-0.3, -0.25) is 10.2 Å². The predicted octanol–water partition coefficient (Wildman–Crippen LogP) is 0.652. The van der Waals surface area contributed by atoms with E-state index in [0.717, 1.165) is 0 Å². The van der Waals surface area contributed by atoms with Crippen LogP contribution in [0.15, 0.2) is 30.6 Å². The summed E-state index contributed by atoms with van der Waals surface area (Å²) in [7, 11) is 0. The summed E-state index contributed by atoms with van der Waals surface area (Å²) in [4.78, 5) is 10.9. The molecule has 0 aliphatic carbocycles. The molecule has 1 aromatic rings. The molecule has 1 N–H and O–H groups in total. The number of hydrogen-bond donors (Lipinski definition) is 1. The summed E-state index contributed by atoms with van der Waals surface area (Å²) in [6, 6.07) is 5.43. The molecule has 60 valence electrons. The van der Waals surface area contributed by atoms with Crippen LogP contribution >= 0.6 is 0 Å². The van der Waals surface area contributed by atoms with Gasteiger partial charge in [0.25, 0.3) is 0 Å². The molecule has 0 spiro atoms. The van der Waals surface area contributed by atoms with E-state index in [0.29, 0.717) is 0 Å². The Morgan fingerprint density at radius 3 is 2.33 bits per heavy atom. The van der Waals surface area contributed by atoms with E-state index >= 15 is 0 Å². The Hall–Kier alpha value is -1.73. The lowest BCUT2D eigenvalue weighted by Crippen LogP contribution is -2.34. The zero-order valence-corrected chi connectivity index (χ0v) is 6.74. The molecule has 0 unspecified atom stereocenters. The molecule has 0 amide bonds. The second-order valence-electron chi connectivity index (χ2n) is 2.31. The van der Waals surface area contributed by atoms with Gasteiger partial charge in [0, 0.05) is 19.1 Å². The summed E-state index contributed by atoms with van der Waals surface area (Å²) in [5.74, 6) is 1.93. The fourth-order valence-corrected chi connectivity index (χ4v) is 0.882. The van der Waals surface area contributed by atoms with E-state index in [4.69, 9.17) is 5.41 Å². The summed E-state index contributed by atoms with van der Waals surface area (Å²) in [6.07, 6.45) is 3.41. The maximum Gasteiger partial charge on any atom is 0.315 e. The van der Waals surface area contributed by atoms with Crippen LogP contribution in [0.5, 0.6) is 0 Å². The van der Waals surface area contributed by atoms with Gasteiger partial charge < -0.3 is 0 Å².